The van der Waals surface area contributed by atoms with Gasteiger partial charge in [0.2, 0.25) is 0 Å². The van der Waals surface area contributed by atoms with Crippen molar-refractivity contribution in [2.75, 3.05) is 0 Å². The number of ether oxygens (including phenoxy) is 2. The highest BCUT2D eigenvalue weighted by atomic mass is 16.5. The van der Waals surface area contributed by atoms with Crippen LogP contribution in [0.3, 0.4) is 0 Å². The fourth-order valence-electron chi connectivity index (χ4n) is 0.853. The van der Waals surface area contributed by atoms with Gasteiger partial charge in [-0.1, -0.05) is 0 Å². The van der Waals surface area contributed by atoms with Crippen molar-refractivity contribution in [3.05, 3.63) is 48.3 Å². The van der Waals surface area contributed by atoms with E-state index in [2.05, 4.69) is 0 Å². The molecule has 0 spiro atoms. The summed E-state index contributed by atoms with van der Waals surface area (Å²) >= 11 is 0. The number of hydrogen-bond acceptors (Lipinski definition) is 2. The molecule has 2 aliphatic heterocycles. The van der Waals surface area contributed by atoms with Crippen LogP contribution < -0.4 is 0 Å². The van der Waals surface area contributed by atoms with Crippen LogP contribution in [0.25, 0.3) is 0 Å². The van der Waals surface area contributed by atoms with E-state index < -0.39 is 0 Å². The molecular formula is C8H6O2. The van der Waals surface area contributed by atoms with Gasteiger partial charge in [-0.05, 0) is 18.2 Å². The highest BCUT2D eigenvalue weighted by Gasteiger charge is 2.08. The summed E-state index contributed by atoms with van der Waals surface area (Å²) in [7, 11) is 0. The number of rotatable bonds is 0. The van der Waals surface area contributed by atoms with E-state index >= 15 is 0 Å². The minimum atomic E-state index is 0.769. The zero-order chi connectivity index (χ0) is 6.81. The topological polar surface area (TPSA) is 18.5 Å². The molecule has 2 aliphatic rings. The van der Waals surface area contributed by atoms with E-state index in [0.717, 1.165) is 11.3 Å². The Morgan fingerprint density at radius 2 is 2.20 bits per heavy atom. The summed E-state index contributed by atoms with van der Waals surface area (Å²) in [6.45, 7) is 0. The van der Waals surface area contributed by atoms with E-state index in [-0.39, 0.29) is 0 Å². The lowest BCUT2D eigenvalue weighted by Gasteiger charge is -2.12. The van der Waals surface area contributed by atoms with Gasteiger partial charge in [-0.25, -0.2) is 0 Å². The van der Waals surface area contributed by atoms with Crippen molar-refractivity contribution in [2.24, 2.45) is 0 Å². The molecular weight excluding hydrogens is 128 g/mol. The molecule has 2 heteroatoms. The van der Waals surface area contributed by atoms with Crippen molar-refractivity contribution in [1.82, 2.24) is 0 Å². The first-order valence-electron chi connectivity index (χ1n) is 3.03. The summed E-state index contributed by atoms with van der Waals surface area (Å²) in [5.41, 5.74) is 1.05. The first-order chi connectivity index (χ1) is 4.97. The molecule has 0 N–H and O–H groups in total. The Morgan fingerprint density at radius 1 is 1.20 bits per heavy atom. The Hall–Kier alpha value is -1.44. The molecule has 0 saturated carbocycles. The maximum atomic E-state index is 5.12. The molecule has 0 aliphatic carbocycles. The second-order valence-corrected chi connectivity index (χ2v) is 1.99. The zero-order valence-corrected chi connectivity index (χ0v) is 5.28. The van der Waals surface area contributed by atoms with Gasteiger partial charge in [0.05, 0.1) is 12.5 Å². The van der Waals surface area contributed by atoms with Crippen LogP contribution in [-0.4, -0.2) is 0 Å². The third-order valence-electron chi connectivity index (χ3n) is 1.34. The normalized spacial score (nSPS) is 20.0. The van der Waals surface area contributed by atoms with E-state index in [4.69, 9.17) is 9.47 Å². The van der Waals surface area contributed by atoms with Crippen LogP contribution in [0, 0.1) is 0 Å². The van der Waals surface area contributed by atoms with Crippen LogP contribution in [0.15, 0.2) is 48.3 Å². The van der Waals surface area contributed by atoms with Gasteiger partial charge < -0.3 is 9.47 Å². The first kappa shape index (κ1) is 5.35. The molecule has 2 rings (SSSR count). The van der Waals surface area contributed by atoms with Crippen molar-refractivity contribution in [3.63, 3.8) is 0 Å². The largest absolute Gasteiger partial charge is 0.469 e. The van der Waals surface area contributed by atoms with Crippen molar-refractivity contribution < 1.29 is 9.47 Å². The second kappa shape index (κ2) is 2.06. The van der Waals surface area contributed by atoms with E-state index in [1.165, 1.54) is 0 Å². The van der Waals surface area contributed by atoms with Crippen LogP contribution in [0.2, 0.25) is 0 Å². The zero-order valence-electron chi connectivity index (χ0n) is 5.28. The molecule has 0 amide bonds. The van der Waals surface area contributed by atoms with Gasteiger partial charge in [0.25, 0.3) is 0 Å². The molecule has 0 aromatic rings. The molecule has 0 aromatic heterocycles. The molecule has 10 heavy (non-hydrogen) atoms. The lowest BCUT2D eigenvalue weighted by atomic mass is 10.2. The summed E-state index contributed by atoms with van der Waals surface area (Å²) in [5.74, 6) is 0.769. The second-order valence-electron chi connectivity index (χ2n) is 1.99. The van der Waals surface area contributed by atoms with Gasteiger partial charge in [0, 0.05) is 5.57 Å². The summed E-state index contributed by atoms with van der Waals surface area (Å²) in [5, 5.41) is 0. The summed E-state index contributed by atoms with van der Waals surface area (Å²) in [4.78, 5) is 0. The first-order valence-corrected chi connectivity index (χ1v) is 3.03. The molecule has 0 fully saturated rings. The highest BCUT2D eigenvalue weighted by molar-refractivity contribution is 5.41. The molecule has 0 saturated heterocycles. The van der Waals surface area contributed by atoms with Crippen LogP contribution in [0.1, 0.15) is 0 Å². The van der Waals surface area contributed by atoms with Crippen LogP contribution in [-0.2, 0) is 9.47 Å². The SMILES string of the molecule is C1=COC2=COC=CC2=C1. The molecule has 0 aromatic carbocycles. The van der Waals surface area contributed by atoms with Crippen molar-refractivity contribution in [2.45, 2.75) is 0 Å². The Morgan fingerprint density at radius 3 is 3.10 bits per heavy atom. The third-order valence-corrected chi connectivity index (χ3v) is 1.34. The van der Waals surface area contributed by atoms with E-state index in [9.17, 15) is 0 Å². The minimum absolute atomic E-state index is 0.769. The van der Waals surface area contributed by atoms with Crippen LogP contribution in [0.4, 0.5) is 0 Å². The van der Waals surface area contributed by atoms with Crippen LogP contribution in [0.5, 0.6) is 0 Å². The lowest BCUT2D eigenvalue weighted by molar-refractivity contribution is 0.305. The predicted molar refractivity (Wildman–Crippen MR) is 36.6 cm³/mol. The van der Waals surface area contributed by atoms with Gasteiger partial charge in [-0.15, -0.1) is 0 Å². The number of allylic oxidation sites excluding steroid dienone is 3. The average molecular weight is 134 g/mol. The van der Waals surface area contributed by atoms with Crippen molar-refractivity contribution >= 4 is 0 Å². The van der Waals surface area contributed by atoms with Gasteiger partial charge in [0.1, 0.15) is 6.26 Å². The highest BCUT2D eigenvalue weighted by Crippen LogP contribution is 2.20. The van der Waals surface area contributed by atoms with E-state index in [1.807, 2.05) is 18.2 Å². The fraction of sp³-hybridized carbons (Fsp3) is 0. The number of fused-ring (bicyclic) bond motifs is 1. The Kier molecular flexibility index (Phi) is 1.10. The smallest absolute Gasteiger partial charge is 0.168 e. The Labute approximate surface area is 58.8 Å². The quantitative estimate of drug-likeness (QED) is 0.503. The molecule has 2 heterocycles. The van der Waals surface area contributed by atoms with Gasteiger partial charge in [-0.3, -0.25) is 0 Å². The van der Waals surface area contributed by atoms with E-state index in [0.29, 0.717) is 0 Å². The Balaban J connectivity index is 2.39. The fourth-order valence-corrected chi connectivity index (χ4v) is 0.853. The Bertz CT molecular complexity index is 256. The minimum Gasteiger partial charge on any atom is -0.469 e. The van der Waals surface area contributed by atoms with Gasteiger partial charge >= 0.3 is 0 Å². The average Bonchev–Trinajstić information content (AvgIpc) is 2.05. The van der Waals surface area contributed by atoms with Crippen molar-refractivity contribution in [3.8, 4) is 0 Å². The number of hydrogen-bond donors (Lipinski definition) is 0. The standard InChI is InChI=1S/C8H6O2/c1-2-7-3-5-9-6-8(7)10-4-1/h1-6H. The van der Waals surface area contributed by atoms with Crippen LogP contribution >= 0.6 is 0 Å². The lowest BCUT2D eigenvalue weighted by Crippen LogP contribution is -1.97. The molecule has 0 radical (unpaired) electrons. The van der Waals surface area contributed by atoms with Crippen molar-refractivity contribution in [1.29, 1.82) is 0 Å². The summed E-state index contributed by atoms with van der Waals surface area (Å²) < 4.78 is 10.0. The predicted octanol–water partition coefficient (Wildman–Crippen LogP) is 1.84. The molecule has 2 nitrogen and oxygen atoms in total. The summed E-state index contributed by atoms with van der Waals surface area (Å²) in [6, 6.07) is 0. The monoisotopic (exact) mass is 134 g/mol. The molecule has 0 bridgehead atoms. The maximum absolute atomic E-state index is 5.12. The van der Waals surface area contributed by atoms with Gasteiger partial charge in [-0.2, -0.15) is 0 Å². The maximum Gasteiger partial charge on any atom is 0.168 e. The summed E-state index contributed by atoms with van der Waals surface area (Å²) in [6.07, 6.45) is 10.5. The van der Waals surface area contributed by atoms with Gasteiger partial charge in [0.15, 0.2) is 5.76 Å². The molecule has 50 valence electrons. The molecule has 0 atom stereocenters. The van der Waals surface area contributed by atoms with E-state index in [1.54, 1.807) is 18.8 Å². The molecule has 0 unspecified atom stereocenters. The third kappa shape index (κ3) is 0.739.